The highest BCUT2D eigenvalue weighted by atomic mass is 16.5. The Morgan fingerprint density at radius 3 is 2.32 bits per heavy atom. The molecule has 0 fully saturated rings. The van der Waals surface area contributed by atoms with Crippen LogP contribution in [0, 0.1) is 5.92 Å². The van der Waals surface area contributed by atoms with Gasteiger partial charge in [-0.25, -0.2) is 0 Å². The van der Waals surface area contributed by atoms with E-state index in [2.05, 4.69) is 71.9 Å². The summed E-state index contributed by atoms with van der Waals surface area (Å²) in [4.78, 5) is 23.7. The maximum absolute atomic E-state index is 11.9. The summed E-state index contributed by atoms with van der Waals surface area (Å²) in [5.41, 5.74) is 3.79. The molecule has 0 aromatic heterocycles. The third-order valence-corrected chi connectivity index (χ3v) is 5.29. The Bertz CT molecular complexity index is 741. The summed E-state index contributed by atoms with van der Waals surface area (Å²) in [7, 11) is 0. The second-order valence-corrected chi connectivity index (χ2v) is 8.91. The zero-order chi connectivity index (χ0) is 23.2. The number of esters is 2. The van der Waals surface area contributed by atoms with Gasteiger partial charge < -0.3 is 9.47 Å². The molecule has 2 atom stereocenters. The molecule has 0 N–H and O–H groups in total. The van der Waals surface area contributed by atoms with Crippen LogP contribution < -0.4 is 0 Å². The summed E-state index contributed by atoms with van der Waals surface area (Å²) in [6.45, 7) is 13.1. The van der Waals surface area contributed by atoms with E-state index in [1.807, 2.05) is 6.08 Å². The molecule has 0 radical (unpaired) electrons. The minimum atomic E-state index is -0.425. The molecule has 4 heteroatoms. The predicted octanol–water partition coefficient (Wildman–Crippen LogP) is 7.07. The fourth-order valence-electron chi connectivity index (χ4n) is 3.06. The highest BCUT2D eigenvalue weighted by Crippen LogP contribution is 2.22. The van der Waals surface area contributed by atoms with E-state index < -0.39 is 5.97 Å². The first-order valence-corrected chi connectivity index (χ1v) is 11.4. The average molecular weight is 429 g/mol. The minimum Gasteiger partial charge on any atom is -0.466 e. The van der Waals surface area contributed by atoms with Crippen LogP contribution in [-0.2, 0) is 19.1 Å². The van der Waals surface area contributed by atoms with E-state index in [-0.39, 0.29) is 24.7 Å². The number of ether oxygens (including phenoxy) is 2. The van der Waals surface area contributed by atoms with Crippen LogP contribution in [0.15, 0.2) is 48.3 Å². The molecular formula is C27H40O4. The zero-order valence-electron chi connectivity index (χ0n) is 20.1. The van der Waals surface area contributed by atoms with Crippen molar-refractivity contribution >= 4 is 11.9 Å². The second-order valence-electron chi connectivity index (χ2n) is 8.91. The Morgan fingerprint density at radius 1 is 0.968 bits per heavy atom. The maximum Gasteiger partial charge on any atom is 0.311 e. The normalized spacial score (nSPS) is 13.1. The van der Waals surface area contributed by atoms with Crippen molar-refractivity contribution in [2.75, 3.05) is 6.61 Å². The van der Waals surface area contributed by atoms with Gasteiger partial charge in [-0.1, -0.05) is 63.6 Å². The van der Waals surface area contributed by atoms with Gasteiger partial charge in [0.15, 0.2) is 0 Å². The van der Waals surface area contributed by atoms with E-state index in [9.17, 15) is 9.59 Å². The first kappa shape index (κ1) is 26.7. The van der Waals surface area contributed by atoms with Gasteiger partial charge in [-0.15, -0.1) is 0 Å². The number of carbonyl (C=O) groups excluding carboxylic acids is 2. The van der Waals surface area contributed by atoms with Crippen molar-refractivity contribution in [3.8, 4) is 0 Å². The zero-order valence-corrected chi connectivity index (χ0v) is 20.1. The molecule has 0 aliphatic carbocycles. The van der Waals surface area contributed by atoms with Crippen LogP contribution in [-0.4, -0.2) is 18.5 Å². The summed E-state index contributed by atoms with van der Waals surface area (Å²) < 4.78 is 10.4. The standard InChI is InChI=1S/C27H40O4/c1-20(2)9-7-10-22(5)15-17-30-26(28)13-14-27(29)31-18-16-23(6)25-12-8-11-24(19-25)21(3)4/h8-9,11-12,16,18-19,21-23H,7,10,13-15,17H2,1-6H3/b18-16+. The Labute approximate surface area is 188 Å². The van der Waals surface area contributed by atoms with E-state index >= 15 is 0 Å². The second kappa shape index (κ2) is 14.6. The van der Waals surface area contributed by atoms with E-state index in [0.29, 0.717) is 18.4 Å². The molecule has 1 aromatic rings. The first-order chi connectivity index (χ1) is 14.7. The fraction of sp³-hybridized carbons (Fsp3) is 0.556. The van der Waals surface area contributed by atoms with Crippen LogP contribution in [0.2, 0.25) is 0 Å². The Hall–Kier alpha value is -2.36. The molecule has 0 aliphatic heterocycles. The van der Waals surface area contributed by atoms with E-state index in [0.717, 1.165) is 19.3 Å². The van der Waals surface area contributed by atoms with Gasteiger partial charge in [0.25, 0.3) is 0 Å². The molecular weight excluding hydrogens is 388 g/mol. The monoisotopic (exact) mass is 428 g/mol. The van der Waals surface area contributed by atoms with Gasteiger partial charge in [0.2, 0.25) is 0 Å². The van der Waals surface area contributed by atoms with Crippen LogP contribution in [0.4, 0.5) is 0 Å². The minimum absolute atomic E-state index is 0.0243. The molecule has 2 unspecified atom stereocenters. The topological polar surface area (TPSA) is 52.6 Å². The van der Waals surface area contributed by atoms with Crippen LogP contribution in [0.3, 0.4) is 0 Å². The summed E-state index contributed by atoms with van der Waals surface area (Å²) in [5, 5.41) is 0. The molecule has 0 aliphatic rings. The van der Waals surface area contributed by atoms with Gasteiger partial charge in [-0.05, 0) is 62.1 Å². The maximum atomic E-state index is 11.9. The van der Waals surface area contributed by atoms with Crippen molar-refractivity contribution in [1.82, 2.24) is 0 Å². The third kappa shape index (κ3) is 12.2. The van der Waals surface area contributed by atoms with Crippen LogP contribution in [0.25, 0.3) is 0 Å². The van der Waals surface area contributed by atoms with Crippen LogP contribution >= 0.6 is 0 Å². The Morgan fingerprint density at radius 2 is 1.65 bits per heavy atom. The van der Waals surface area contributed by atoms with Gasteiger partial charge in [-0.3, -0.25) is 9.59 Å². The Balaban J connectivity index is 2.25. The van der Waals surface area contributed by atoms with Crippen molar-refractivity contribution < 1.29 is 19.1 Å². The lowest BCUT2D eigenvalue weighted by atomic mass is 9.95. The quantitative estimate of drug-likeness (QED) is 0.192. The molecule has 172 valence electrons. The van der Waals surface area contributed by atoms with Gasteiger partial charge in [0, 0.05) is 5.92 Å². The number of hydrogen-bond acceptors (Lipinski definition) is 4. The van der Waals surface area contributed by atoms with Crippen LogP contribution in [0.1, 0.15) is 96.6 Å². The number of benzene rings is 1. The van der Waals surface area contributed by atoms with Crippen LogP contribution in [0.5, 0.6) is 0 Å². The van der Waals surface area contributed by atoms with Crippen molar-refractivity contribution in [2.24, 2.45) is 5.92 Å². The average Bonchev–Trinajstić information content (AvgIpc) is 2.72. The lowest BCUT2D eigenvalue weighted by molar-refractivity contribution is -0.148. The van der Waals surface area contributed by atoms with Gasteiger partial charge in [-0.2, -0.15) is 0 Å². The largest absolute Gasteiger partial charge is 0.466 e. The molecule has 1 aromatic carbocycles. The number of hydrogen-bond donors (Lipinski definition) is 0. The van der Waals surface area contributed by atoms with Crippen molar-refractivity contribution in [3.05, 3.63) is 59.4 Å². The van der Waals surface area contributed by atoms with Crippen molar-refractivity contribution in [2.45, 2.75) is 85.5 Å². The van der Waals surface area contributed by atoms with Gasteiger partial charge in [0.05, 0.1) is 25.7 Å². The lowest BCUT2D eigenvalue weighted by Crippen LogP contribution is -2.11. The van der Waals surface area contributed by atoms with E-state index in [1.54, 1.807) is 0 Å². The molecule has 4 nitrogen and oxygen atoms in total. The van der Waals surface area contributed by atoms with Crippen molar-refractivity contribution in [1.29, 1.82) is 0 Å². The fourth-order valence-corrected chi connectivity index (χ4v) is 3.06. The van der Waals surface area contributed by atoms with Crippen molar-refractivity contribution in [3.63, 3.8) is 0 Å². The first-order valence-electron chi connectivity index (χ1n) is 11.4. The number of carbonyl (C=O) groups is 2. The SMILES string of the molecule is CC(C)=CCCC(C)CCOC(=O)CCC(=O)O/C=C/C(C)c1cccc(C(C)C)c1. The third-order valence-electron chi connectivity index (χ3n) is 5.29. The molecule has 31 heavy (non-hydrogen) atoms. The molecule has 0 saturated heterocycles. The molecule has 0 saturated carbocycles. The Kier molecular flexibility index (Phi) is 12.6. The van der Waals surface area contributed by atoms with E-state index in [1.165, 1.54) is 23.0 Å². The summed E-state index contributed by atoms with van der Waals surface area (Å²) >= 11 is 0. The predicted molar refractivity (Wildman–Crippen MR) is 127 cm³/mol. The van der Waals surface area contributed by atoms with E-state index in [4.69, 9.17) is 9.47 Å². The molecule has 0 heterocycles. The summed E-state index contributed by atoms with van der Waals surface area (Å²) in [6, 6.07) is 8.42. The lowest BCUT2D eigenvalue weighted by Gasteiger charge is -2.11. The summed E-state index contributed by atoms with van der Waals surface area (Å²) in [5.74, 6) is 0.332. The molecule has 1 rings (SSSR count). The molecule has 0 bridgehead atoms. The number of rotatable bonds is 13. The molecule has 0 spiro atoms. The highest BCUT2D eigenvalue weighted by Gasteiger charge is 2.10. The number of allylic oxidation sites excluding steroid dienone is 3. The van der Waals surface area contributed by atoms with Gasteiger partial charge >= 0.3 is 11.9 Å². The summed E-state index contributed by atoms with van der Waals surface area (Å²) in [6.07, 6.45) is 8.56. The molecule has 0 amide bonds. The highest BCUT2D eigenvalue weighted by molar-refractivity contribution is 5.77. The smallest absolute Gasteiger partial charge is 0.311 e. The van der Waals surface area contributed by atoms with Gasteiger partial charge in [0.1, 0.15) is 0 Å².